The van der Waals surface area contributed by atoms with Gasteiger partial charge in [-0.1, -0.05) is 45.5 Å². The minimum atomic E-state index is -0.427. The van der Waals surface area contributed by atoms with Gasteiger partial charge in [0.05, 0.1) is 28.5 Å². The summed E-state index contributed by atoms with van der Waals surface area (Å²) in [5.41, 5.74) is 5.30. The number of benzene rings is 2. The smallest absolute Gasteiger partial charge is 0.257 e. The second-order valence-corrected chi connectivity index (χ2v) is 9.90. The zero-order valence-electron chi connectivity index (χ0n) is 24.7. The number of carbonyl (C=O) groups excluding carboxylic acids is 3. The molecule has 0 unspecified atom stereocenters. The molecule has 0 aliphatic heterocycles. The molecule has 5 rings (SSSR count). The van der Waals surface area contributed by atoms with E-state index in [1.165, 1.54) is 0 Å². The Hall–Kier alpha value is -5.78. The monoisotopic (exact) mass is 591 g/mol. The summed E-state index contributed by atoms with van der Waals surface area (Å²) >= 11 is 0. The van der Waals surface area contributed by atoms with E-state index in [-0.39, 0.29) is 17.8 Å². The van der Waals surface area contributed by atoms with E-state index in [4.69, 9.17) is 4.98 Å². The number of anilines is 5. The van der Waals surface area contributed by atoms with Gasteiger partial charge in [-0.25, -0.2) is 0 Å². The van der Waals surface area contributed by atoms with E-state index >= 15 is 0 Å². The number of carbonyl (C=O) groups is 3. The predicted molar refractivity (Wildman–Crippen MR) is 172 cm³/mol. The molecule has 12 nitrogen and oxygen atoms in total. The fourth-order valence-corrected chi connectivity index (χ4v) is 4.71. The third-order valence-electron chi connectivity index (χ3n) is 7.04. The topological polar surface area (TPSA) is 159 Å². The average molecular weight is 592 g/mol. The first-order valence-corrected chi connectivity index (χ1v) is 14.3. The van der Waals surface area contributed by atoms with Crippen LogP contribution in [0.1, 0.15) is 48.7 Å². The Morgan fingerprint density at radius 3 is 2.43 bits per heavy atom. The van der Waals surface area contributed by atoms with Crippen LogP contribution < -0.4 is 21.3 Å². The second-order valence-electron chi connectivity index (χ2n) is 9.90. The van der Waals surface area contributed by atoms with Gasteiger partial charge >= 0.3 is 0 Å². The molecule has 0 radical (unpaired) electrons. The molecular formula is C32H33N9O3. The van der Waals surface area contributed by atoms with Gasteiger partial charge < -0.3 is 25.8 Å². The number of nitrogens with zero attached hydrogens (tertiary/aromatic N) is 4. The van der Waals surface area contributed by atoms with Crippen molar-refractivity contribution < 1.29 is 14.4 Å². The third kappa shape index (κ3) is 6.33. The molecule has 0 aliphatic rings. The van der Waals surface area contributed by atoms with E-state index in [9.17, 15) is 14.4 Å². The van der Waals surface area contributed by atoms with Gasteiger partial charge in [0.2, 0.25) is 17.8 Å². The lowest BCUT2D eigenvalue weighted by Gasteiger charge is -2.15. The van der Waals surface area contributed by atoms with Gasteiger partial charge in [-0.3, -0.25) is 19.5 Å². The predicted octanol–water partition coefficient (Wildman–Crippen LogP) is 5.74. The standard InChI is InChI=1S/C32H33N9O3/c1-5-19-10-9-11-20(6-2)28(19)37-31(44)21-14-15-41(18-21)30-23-17-33-40-29(23)38-32(39-30)36-24-13-12-22(34-26(42)7-3)16-25(24)35-27(43)8-4/h8-18H,4-7H2,1-3H3,(H,34,42)(H,35,43)(H,37,44)(H2,33,36,38,39,40). The zero-order valence-corrected chi connectivity index (χ0v) is 24.7. The molecule has 3 aromatic heterocycles. The first-order valence-electron chi connectivity index (χ1n) is 14.3. The molecule has 0 aliphatic carbocycles. The van der Waals surface area contributed by atoms with Crippen molar-refractivity contribution in [3.05, 3.63) is 90.4 Å². The highest BCUT2D eigenvalue weighted by molar-refractivity contribution is 6.05. The maximum atomic E-state index is 13.3. The molecule has 0 saturated heterocycles. The summed E-state index contributed by atoms with van der Waals surface area (Å²) in [6.07, 6.45) is 8.12. The van der Waals surface area contributed by atoms with Gasteiger partial charge in [-0.15, -0.1) is 0 Å². The first kappa shape index (κ1) is 29.7. The van der Waals surface area contributed by atoms with Crippen LogP contribution in [-0.2, 0) is 22.4 Å². The van der Waals surface area contributed by atoms with Crippen LogP contribution in [0.4, 0.5) is 28.7 Å². The summed E-state index contributed by atoms with van der Waals surface area (Å²) in [6.45, 7) is 9.39. The van der Waals surface area contributed by atoms with E-state index in [2.05, 4.69) is 56.9 Å². The SMILES string of the molecule is C=CC(=O)Nc1cc(NC(=O)CC)ccc1Nc1nc(-n2ccc(C(=O)Nc3c(CC)cccc3CC)c2)c2cn[nH]c2n1. The molecule has 3 heterocycles. The molecule has 44 heavy (non-hydrogen) atoms. The average Bonchev–Trinajstić information content (AvgIpc) is 3.72. The number of amides is 3. The van der Waals surface area contributed by atoms with Crippen LogP contribution in [0.2, 0.25) is 0 Å². The molecule has 5 aromatic rings. The fraction of sp³-hybridized carbons (Fsp3) is 0.188. The van der Waals surface area contributed by atoms with E-state index in [1.54, 1.807) is 54.3 Å². The molecular weight excluding hydrogens is 558 g/mol. The lowest BCUT2D eigenvalue weighted by molar-refractivity contribution is -0.116. The number of hydrogen-bond donors (Lipinski definition) is 5. The fourth-order valence-electron chi connectivity index (χ4n) is 4.71. The van der Waals surface area contributed by atoms with Crippen LogP contribution in [0.3, 0.4) is 0 Å². The van der Waals surface area contributed by atoms with Crippen LogP contribution in [-0.4, -0.2) is 42.5 Å². The van der Waals surface area contributed by atoms with Crippen LogP contribution in [0.5, 0.6) is 0 Å². The first-order chi connectivity index (χ1) is 21.3. The Morgan fingerprint density at radius 1 is 0.955 bits per heavy atom. The van der Waals surface area contributed by atoms with Gasteiger partial charge in [-0.2, -0.15) is 15.1 Å². The number of para-hydroxylation sites is 1. The highest BCUT2D eigenvalue weighted by Crippen LogP contribution is 2.30. The lowest BCUT2D eigenvalue weighted by atomic mass is 10.0. The number of rotatable bonds is 11. The molecule has 0 atom stereocenters. The van der Waals surface area contributed by atoms with Gasteiger partial charge in [0.15, 0.2) is 11.5 Å². The van der Waals surface area contributed by atoms with Crippen molar-refractivity contribution in [3.8, 4) is 5.82 Å². The molecule has 0 saturated carbocycles. The van der Waals surface area contributed by atoms with Crippen molar-refractivity contribution in [1.82, 2.24) is 24.7 Å². The van der Waals surface area contributed by atoms with Crippen molar-refractivity contribution >= 4 is 57.5 Å². The van der Waals surface area contributed by atoms with Crippen molar-refractivity contribution in [2.24, 2.45) is 0 Å². The van der Waals surface area contributed by atoms with E-state index in [0.29, 0.717) is 45.9 Å². The van der Waals surface area contributed by atoms with E-state index < -0.39 is 5.91 Å². The number of hydrogen-bond acceptors (Lipinski definition) is 7. The van der Waals surface area contributed by atoms with Gasteiger partial charge in [0, 0.05) is 30.2 Å². The number of aromatic amines is 1. The summed E-state index contributed by atoms with van der Waals surface area (Å²) in [6, 6.07) is 12.8. The van der Waals surface area contributed by atoms with E-state index in [0.717, 1.165) is 35.7 Å². The Morgan fingerprint density at radius 2 is 1.73 bits per heavy atom. The summed E-state index contributed by atoms with van der Waals surface area (Å²) in [5, 5.41) is 19.4. The molecule has 2 aromatic carbocycles. The quantitative estimate of drug-likeness (QED) is 0.123. The summed E-state index contributed by atoms with van der Waals surface area (Å²) < 4.78 is 1.73. The van der Waals surface area contributed by atoms with Gasteiger partial charge in [-0.05, 0) is 54.3 Å². The van der Waals surface area contributed by atoms with Crippen LogP contribution in [0, 0.1) is 0 Å². The van der Waals surface area contributed by atoms with Crippen LogP contribution in [0.25, 0.3) is 16.9 Å². The number of H-pyrrole nitrogens is 1. The Balaban J connectivity index is 1.46. The summed E-state index contributed by atoms with van der Waals surface area (Å²) in [5.74, 6) is -0.127. The van der Waals surface area contributed by atoms with Crippen molar-refractivity contribution in [2.45, 2.75) is 40.0 Å². The van der Waals surface area contributed by atoms with Crippen LogP contribution >= 0.6 is 0 Å². The largest absolute Gasteiger partial charge is 0.326 e. The number of aryl methyl sites for hydroxylation is 2. The van der Waals surface area contributed by atoms with E-state index in [1.807, 2.05) is 18.2 Å². The molecule has 5 N–H and O–H groups in total. The minimum Gasteiger partial charge on any atom is -0.326 e. The van der Waals surface area contributed by atoms with Crippen molar-refractivity contribution in [2.75, 3.05) is 21.3 Å². The minimum absolute atomic E-state index is 0.162. The van der Waals surface area contributed by atoms with Crippen molar-refractivity contribution in [3.63, 3.8) is 0 Å². The van der Waals surface area contributed by atoms with Crippen molar-refractivity contribution in [1.29, 1.82) is 0 Å². The third-order valence-corrected chi connectivity index (χ3v) is 7.04. The Labute approximate surface area is 254 Å². The normalized spacial score (nSPS) is 10.8. The van der Waals surface area contributed by atoms with Crippen LogP contribution in [0.15, 0.2) is 73.7 Å². The molecule has 0 bridgehead atoms. The maximum Gasteiger partial charge on any atom is 0.257 e. The Kier molecular flexibility index (Phi) is 8.80. The highest BCUT2D eigenvalue weighted by Gasteiger charge is 2.17. The number of fused-ring (bicyclic) bond motifs is 1. The summed E-state index contributed by atoms with van der Waals surface area (Å²) in [7, 11) is 0. The highest BCUT2D eigenvalue weighted by atomic mass is 16.2. The molecule has 224 valence electrons. The molecule has 0 fully saturated rings. The molecule has 12 heteroatoms. The maximum absolute atomic E-state index is 13.3. The zero-order chi connectivity index (χ0) is 31.2. The molecule has 3 amide bonds. The number of aromatic nitrogens is 5. The van der Waals surface area contributed by atoms with Gasteiger partial charge in [0.25, 0.3) is 5.91 Å². The second kappa shape index (κ2) is 13.0. The molecule has 0 spiro atoms. The van der Waals surface area contributed by atoms with Gasteiger partial charge in [0.1, 0.15) is 0 Å². The number of nitrogens with one attached hydrogen (secondary N) is 5. The Bertz CT molecular complexity index is 1850. The summed E-state index contributed by atoms with van der Waals surface area (Å²) in [4.78, 5) is 46.7. The lowest BCUT2D eigenvalue weighted by Crippen LogP contribution is -2.14.